The number of hydrogen-bond acceptors (Lipinski definition) is 6. The van der Waals surface area contributed by atoms with E-state index in [-0.39, 0.29) is 37.7 Å². The van der Waals surface area contributed by atoms with Crippen LogP contribution in [0.2, 0.25) is 0 Å². The zero-order valence-electron chi connectivity index (χ0n) is 19.1. The highest BCUT2D eigenvalue weighted by atomic mass is 32.2. The molecule has 9 nitrogen and oxygen atoms in total. The molecular weight excluding hydrogens is 460 g/mol. The van der Waals surface area contributed by atoms with Crippen LogP contribution in [0.15, 0.2) is 48.5 Å². The van der Waals surface area contributed by atoms with Crippen LogP contribution in [0.1, 0.15) is 29.9 Å². The predicted molar refractivity (Wildman–Crippen MR) is 126 cm³/mol. The number of nitrogens with zero attached hydrogens (tertiary/aromatic N) is 1. The van der Waals surface area contributed by atoms with E-state index in [1.165, 1.54) is 7.05 Å². The van der Waals surface area contributed by atoms with Crippen molar-refractivity contribution in [1.29, 1.82) is 0 Å². The Morgan fingerprint density at radius 1 is 1.06 bits per heavy atom. The topological polar surface area (TPSA) is 130 Å². The van der Waals surface area contributed by atoms with Crippen LogP contribution >= 0.6 is 0 Å². The quantitative estimate of drug-likeness (QED) is 0.525. The van der Waals surface area contributed by atoms with Crippen LogP contribution in [0.5, 0.6) is 0 Å². The maximum atomic E-state index is 12.8. The molecule has 1 unspecified atom stereocenters. The third-order valence-electron chi connectivity index (χ3n) is 5.75. The summed E-state index contributed by atoms with van der Waals surface area (Å²) in [5, 5.41) is 11.3. The highest BCUT2D eigenvalue weighted by molar-refractivity contribution is 7.90. The van der Waals surface area contributed by atoms with Gasteiger partial charge in [0, 0.05) is 25.8 Å². The Labute approximate surface area is 198 Å². The van der Waals surface area contributed by atoms with Crippen molar-refractivity contribution in [2.24, 2.45) is 0 Å². The number of carbonyl (C=O) groups is 3. The van der Waals surface area contributed by atoms with Crippen LogP contribution in [0.4, 0.5) is 4.79 Å². The van der Waals surface area contributed by atoms with E-state index in [0.717, 1.165) is 33.4 Å². The number of carboxylic acid groups (broad SMARTS) is 1. The first-order valence-electron chi connectivity index (χ1n) is 10.8. The van der Waals surface area contributed by atoms with Crippen LogP contribution in [-0.2, 0) is 24.2 Å². The van der Waals surface area contributed by atoms with Gasteiger partial charge in [-0.05, 0) is 28.7 Å². The van der Waals surface area contributed by atoms with E-state index in [4.69, 9.17) is 9.84 Å². The first-order valence-corrected chi connectivity index (χ1v) is 12.9. The molecular formula is C24H28N2O7S. The normalized spacial score (nSPS) is 13.5. The monoisotopic (exact) mass is 488 g/mol. The van der Waals surface area contributed by atoms with Gasteiger partial charge in [0.15, 0.2) is 0 Å². The number of sulfone groups is 1. The van der Waals surface area contributed by atoms with Crippen molar-refractivity contribution in [2.75, 3.05) is 32.2 Å². The Hall–Kier alpha value is -3.40. The third kappa shape index (κ3) is 6.34. The van der Waals surface area contributed by atoms with Gasteiger partial charge in [-0.25, -0.2) is 13.2 Å². The number of likely N-dealkylation sites (N-methyl/N-ethyl adjacent to an activating group) is 1. The van der Waals surface area contributed by atoms with E-state index in [0.29, 0.717) is 0 Å². The molecule has 1 aliphatic rings. The molecule has 0 radical (unpaired) electrons. The van der Waals surface area contributed by atoms with Crippen molar-refractivity contribution < 1.29 is 32.6 Å². The van der Waals surface area contributed by atoms with Gasteiger partial charge in [-0.3, -0.25) is 9.59 Å². The standard InChI is InChI=1S/C24H28N2O7S/c1-26(13-11-22(27)28)23(29)21(12-14-34(2,31)32)25-24(30)33-15-20-18-9-5-3-7-16(18)17-8-4-6-10-19(17)20/h3-10,20-21H,11-15H2,1-2H3,(H,25,30)(H,27,28). The van der Waals surface area contributed by atoms with Gasteiger partial charge in [-0.2, -0.15) is 0 Å². The predicted octanol–water partition coefficient (Wildman–Crippen LogP) is 2.26. The zero-order chi connectivity index (χ0) is 24.9. The molecule has 0 aromatic heterocycles. The van der Waals surface area contributed by atoms with Crippen LogP contribution < -0.4 is 5.32 Å². The summed E-state index contributed by atoms with van der Waals surface area (Å²) in [5.74, 6) is -2.14. The molecule has 2 aromatic rings. The van der Waals surface area contributed by atoms with Crippen molar-refractivity contribution >= 4 is 27.8 Å². The number of ether oxygens (including phenoxy) is 1. The molecule has 0 saturated heterocycles. The van der Waals surface area contributed by atoms with E-state index in [1.807, 2.05) is 48.5 Å². The second-order valence-electron chi connectivity index (χ2n) is 8.34. The molecule has 34 heavy (non-hydrogen) atoms. The number of carboxylic acids is 1. The second-order valence-corrected chi connectivity index (χ2v) is 10.6. The number of nitrogens with one attached hydrogen (secondary N) is 1. The zero-order valence-corrected chi connectivity index (χ0v) is 19.9. The largest absolute Gasteiger partial charge is 0.481 e. The van der Waals surface area contributed by atoms with Gasteiger partial charge in [0.1, 0.15) is 22.5 Å². The van der Waals surface area contributed by atoms with Gasteiger partial charge >= 0.3 is 12.1 Å². The average Bonchev–Trinajstić information content (AvgIpc) is 3.11. The van der Waals surface area contributed by atoms with Crippen LogP contribution in [0.3, 0.4) is 0 Å². The van der Waals surface area contributed by atoms with E-state index in [2.05, 4.69) is 5.32 Å². The maximum Gasteiger partial charge on any atom is 0.407 e. The Morgan fingerprint density at radius 2 is 1.62 bits per heavy atom. The van der Waals surface area contributed by atoms with Gasteiger partial charge < -0.3 is 20.1 Å². The minimum Gasteiger partial charge on any atom is -0.481 e. The molecule has 10 heteroatoms. The Kier molecular flexibility index (Phi) is 7.93. The number of alkyl carbamates (subject to hydrolysis) is 1. The molecule has 0 heterocycles. The summed E-state index contributed by atoms with van der Waals surface area (Å²) >= 11 is 0. The molecule has 0 fully saturated rings. The van der Waals surface area contributed by atoms with Crippen LogP contribution in [-0.4, -0.2) is 74.6 Å². The highest BCUT2D eigenvalue weighted by Crippen LogP contribution is 2.44. The van der Waals surface area contributed by atoms with Crippen molar-refractivity contribution in [3.63, 3.8) is 0 Å². The van der Waals surface area contributed by atoms with Crippen molar-refractivity contribution in [3.8, 4) is 11.1 Å². The number of amides is 2. The van der Waals surface area contributed by atoms with E-state index < -0.39 is 33.8 Å². The molecule has 182 valence electrons. The maximum absolute atomic E-state index is 12.8. The number of fused-ring (bicyclic) bond motifs is 3. The first-order chi connectivity index (χ1) is 16.1. The van der Waals surface area contributed by atoms with Crippen molar-refractivity contribution in [1.82, 2.24) is 10.2 Å². The fourth-order valence-corrected chi connectivity index (χ4v) is 4.68. The molecule has 2 N–H and O–H groups in total. The van der Waals surface area contributed by atoms with Gasteiger partial charge in [-0.1, -0.05) is 48.5 Å². The van der Waals surface area contributed by atoms with E-state index in [9.17, 15) is 22.8 Å². The molecule has 0 spiro atoms. The van der Waals surface area contributed by atoms with Gasteiger partial charge in [-0.15, -0.1) is 0 Å². The van der Waals surface area contributed by atoms with Gasteiger partial charge in [0.25, 0.3) is 0 Å². The number of rotatable bonds is 10. The molecule has 0 bridgehead atoms. The summed E-state index contributed by atoms with van der Waals surface area (Å²) in [6.45, 7) is -0.0301. The van der Waals surface area contributed by atoms with Crippen LogP contribution in [0, 0.1) is 0 Å². The SMILES string of the molecule is CN(CCC(=O)O)C(=O)C(CCS(C)(=O)=O)NC(=O)OCC1c2ccccc2-c2ccccc21. The molecule has 2 amide bonds. The first kappa shape index (κ1) is 25.2. The molecule has 2 aromatic carbocycles. The molecule has 0 aliphatic heterocycles. The summed E-state index contributed by atoms with van der Waals surface area (Å²) in [6.07, 6.45) is -0.235. The molecule has 0 saturated carbocycles. The molecule has 1 atom stereocenters. The van der Waals surface area contributed by atoms with Crippen molar-refractivity contribution in [3.05, 3.63) is 59.7 Å². The average molecular weight is 489 g/mol. The minimum absolute atomic E-state index is 0.0434. The summed E-state index contributed by atoms with van der Waals surface area (Å²) in [5.41, 5.74) is 4.23. The Morgan fingerprint density at radius 3 is 2.15 bits per heavy atom. The van der Waals surface area contributed by atoms with Crippen molar-refractivity contribution in [2.45, 2.75) is 24.8 Å². The minimum atomic E-state index is -3.39. The van der Waals surface area contributed by atoms with E-state index in [1.54, 1.807) is 0 Å². The summed E-state index contributed by atoms with van der Waals surface area (Å²) in [7, 11) is -1.99. The lowest BCUT2D eigenvalue weighted by Gasteiger charge is -2.24. The lowest BCUT2D eigenvalue weighted by molar-refractivity contribution is -0.138. The molecule has 3 rings (SSSR count). The van der Waals surface area contributed by atoms with E-state index >= 15 is 0 Å². The number of carbonyl (C=O) groups excluding carboxylic acids is 2. The number of benzene rings is 2. The fourth-order valence-electron chi connectivity index (χ4n) is 4.01. The van der Waals surface area contributed by atoms with Crippen LogP contribution in [0.25, 0.3) is 11.1 Å². The number of aliphatic carboxylic acids is 1. The van der Waals surface area contributed by atoms with Gasteiger partial charge in [0.05, 0.1) is 12.2 Å². The Balaban J connectivity index is 1.68. The summed E-state index contributed by atoms with van der Waals surface area (Å²) in [6, 6.07) is 14.6. The smallest absolute Gasteiger partial charge is 0.407 e. The highest BCUT2D eigenvalue weighted by Gasteiger charge is 2.30. The lowest BCUT2D eigenvalue weighted by atomic mass is 9.98. The van der Waals surface area contributed by atoms with Gasteiger partial charge in [0.2, 0.25) is 5.91 Å². The Bertz CT molecular complexity index is 1130. The molecule has 1 aliphatic carbocycles. The summed E-state index contributed by atoms with van der Waals surface area (Å²) < 4.78 is 28.7. The lowest BCUT2D eigenvalue weighted by Crippen LogP contribution is -2.48. The third-order valence-corrected chi connectivity index (χ3v) is 6.73. The summed E-state index contributed by atoms with van der Waals surface area (Å²) in [4.78, 5) is 37.3. The second kappa shape index (κ2) is 10.7. The number of hydrogen-bond donors (Lipinski definition) is 2. The fraction of sp³-hybridized carbons (Fsp3) is 0.375.